The van der Waals surface area contributed by atoms with Gasteiger partial charge in [0.25, 0.3) is 5.91 Å². The van der Waals surface area contributed by atoms with Gasteiger partial charge in [-0.3, -0.25) is 9.78 Å². The summed E-state index contributed by atoms with van der Waals surface area (Å²) in [5, 5.41) is 14.2. The molecule has 0 saturated carbocycles. The SMILES string of the molecule is Cc1ccsc1CNC(=O)c1ccncc1O. The van der Waals surface area contributed by atoms with Crippen molar-refractivity contribution in [1.29, 1.82) is 0 Å². The minimum absolute atomic E-state index is 0.104. The molecule has 0 fully saturated rings. The van der Waals surface area contributed by atoms with E-state index in [2.05, 4.69) is 10.3 Å². The predicted octanol–water partition coefficient (Wildman–Crippen LogP) is 2.09. The van der Waals surface area contributed by atoms with Crippen molar-refractivity contribution in [2.45, 2.75) is 13.5 Å². The molecule has 0 unspecified atom stereocenters. The van der Waals surface area contributed by atoms with Gasteiger partial charge in [-0.05, 0) is 30.0 Å². The largest absolute Gasteiger partial charge is 0.505 e. The maximum absolute atomic E-state index is 11.8. The van der Waals surface area contributed by atoms with Crippen LogP contribution in [0.15, 0.2) is 29.9 Å². The van der Waals surface area contributed by atoms with Crippen molar-refractivity contribution in [2.75, 3.05) is 0 Å². The molecule has 2 aromatic rings. The Hall–Kier alpha value is -1.88. The van der Waals surface area contributed by atoms with E-state index in [1.807, 2.05) is 18.4 Å². The zero-order valence-electron chi connectivity index (χ0n) is 9.30. The number of aryl methyl sites for hydroxylation is 1. The van der Waals surface area contributed by atoms with Gasteiger partial charge in [-0.15, -0.1) is 11.3 Å². The van der Waals surface area contributed by atoms with Crippen LogP contribution in [0, 0.1) is 6.92 Å². The Labute approximate surface area is 103 Å². The summed E-state index contributed by atoms with van der Waals surface area (Å²) in [6.07, 6.45) is 2.73. The van der Waals surface area contributed by atoms with Crippen LogP contribution >= 0.6 is 11.3 Å². The van der Waals surface area contributed by atoms with E-state index in [0.717, 1.165) is 10.4 Å². The number of rotatable bonds is 3. The van der Waals surface area contributed by atoms with Crippen LogP contribution in [0.3, 0.4) is 0 Å². The van der Waals surface area contributed by atoms with Gasteiger partial charge < -0.3 is 10.4 Å². The van der Waals surface area contributed by atoms with Crippen molar-refractivity contribution in [3.8, 4) is 5.75 Å². The van der Waals surface area contributed by atoms with E-state index in [-0.39, 0.29) is 17.2 Å². The summed E-state index contributed by atoms with van der Waals surface area (Å²) in [5.74, 6) is -0.398. The summed E-state index contributed by atoms with van der Waals surface area (Å²) in [4.78, 5) is 16.6. The molecule has 4 nitrogen and oxygen atoms in total. The van der Waals surface area contributed by atoms with E-state index in [1.54, 1.807) is 11.3 Å². The maximum Gasteiger partial charge on any atom is 0.255 e. The molecule has 0 aliphatic carbocycles. The Morgan fingerprint density at radius 3 is 3.00 bits per heavy atom. The van der Waals surface area contributed by atoms with Crippen LogP contribution < -0.4 is 5.32 Å². The first-order valence-corrected chi connectivity index (χ1v) is 6.00. The zero-order chi connectivity index (χ0) is 12.3. The Morgan fingerprint density at radius 1 is 1.53 bits per heavy atom. The lowest BCUT2D eigenvalue weighted by molar-refractivity contribution is 0.0948. The maximum atomic E-state index is 11.8. The van der Waals surface area contributed by atoms with Gasteiger partial charge in [-0.2, -0.15) is 0 Å². The number of hydrogen-bond donors (Lipinski definition) is 2. The van der Waals surface area contributed by atoms with Crippen molar-refractivity contribution < 1.29 is 9.90 Å². The number of aromatic hydroxyl groups is 1. The Balaban J connectivity index is 2.04. The van der Waals surface area contributed by atoms with Gasteiger partial charge in [0.1, 0.15) is 5.75 Å². The van der Waals surface area contributed by atoms with Gasteiger partial charge in [-0.25, -0.2) is 0 Å². The molecule has 1 amide bonds. The van der Waals surface area contributed by atoms with E-state index in [1.165, 1.54) is 18.5 Å². The summed E-state index contributed by atoms with van der Waals surface area (Å²) >= 11 is 1.60. The third kappa shape index (κ3) is 2.62. The van der Waals surface area contributed by atoms with Gasteiger partial charge in [0, 0.05) is 11.1 Å². The van der Waals surface area contributed by atoms with Crippen molar-refractivity contribution in [3.63, 3.8) is 0 Å². The van der Waals surface area contributed by atoms with Crippen LogP contribution in [0.2, 0.25) is 0 Å². The number of amides is 1. The third-order valence-corrected chi connectivity index (χ3v) is 3.45. The molecule has 0 bridgehead atoms. The van der Waals surface area contributed by atoms with Crippen LogP contribution in [0.1, 0.15) is 20.8 Å². The molecule has 2 N–H and O–H groups in total. The number of hydrogen-bond acceptors (Lipinski definition) is 4. The standard InChI is InChI=1S/C12H12N2O2S/c1-8-3-5-17-11(8)7-14-12(16)9-2-4-13-6-10(9)15/h2-6,15H,7H2,1H3,(H,14,16). The molecule has 0 spiro atoms. The molecule has 0 saturated heterocycles. The molecule has 2 aromatic heterocycles. The lowest BCUT2D eigenvalue weighted by Gasteiger charge is -2.05. The normalized spacial score (nSPS) is 10.2. The van der Waals surface area contributed by atoms with Crippen molar-refractivity contribution in [2.24, 2.45) is 0 Å². The van der Waals surface area contributed by atoms with Gasteiger partial charge in [0.05, 0.1) is 18.3 Å². The van der Waals surface area contributed by atoms with Crippen LogP contribution in [-0.4, -0.2) is 16.0 Å². The van der Waals surface area contributed by atoms with Gasteiger partial charge >= 0.3 is 0 Å². The first-order valence-electron chi connectivity index (χ1n) is 5.12. The summed E-state index contributed by atoms with van der Waals surface area (Å²) in [7, 11) is 0. The molecule has 88 valence electrons. The van der Waals surface area contributed by atoms with E-state index >= 15 is 0 Å². The number of aromatic nitrogens is 1. The fourth-order valence-corrected chi connectivity index (χ4v) is 2.26. The molecule has 0 radical (unpaired) electrons. The van der Waals surface area contributed by atoms with Crippen LogP contribution in [0.4, 0.5) is 0 Å². The highest BCUT2D eigenvalue weighted by atomic mass is 32.1. The number of nitrogens with one attached hydrogen (secondary N) is 1. The summed E-state index contributed by atoms with van der Waals surface area (Å²) in [6, 6.07) is 3.50. The van der Waals surface area contributed by atoms with Gasteiger partial charge in [0.15, 0.2) is 0 Å². The fourth-order valence-electron chi connectivity index (χ4n) is 1.42. The summed E-state index contributed by atoms with van der Waals surface area (Å²) in [5.41, 5.74) is 1.41. The monoisotopic (exact) mass is 248 g/mol. The second-order valence-electron chi connectivity index (χ2n) is 3.60. The number of carbonyl (C=O) groups is 1. The number of thiophene rings is 1. The average molecular weight is 248 g/mol. The molecular formula is C12H12N2O2S. The second kappa shape index (κ2) is 4.97. The van der Waals surface area contributed by atoms with Crippen LogP contribution in [0.25, 0.3) is 0 Å². The number of pyridine rings is 1. The average Bonchev–Trinajstić information content (AvgIpc) is 2.72. The molecule has 2 rings (SSSR count). The lowest BCUT2D eigenvalue weighted by Crippen LogP contribution is -2.22. The highest BCUT2D eigenvalue weighted by molar-refractivity contribution is 7.10. The van der Waals surface area contributed by atoms with E-state index in [9.17, 15) is 9.90 Å². The van der Waals surface area contributed by atoms with Gasteiger partial charge in [0.2, 0.25) is 0 Å². The second-order valence-corrected chi connectivity index (χ2v) is 4.60. The zero-order valence-corrected chi connectivity index (χ0v) is 10.1. The van der Waals surface area contributed by atoms with E-state index in [0.29, 0.717) is 6.54 Å². The topological polar surface area (TPSA) is 62.2 Å². The number of nitrogens with zero attached hydrogens (tertiary/aromatic N) is 1. The number of carbonyl (C=O) groups excluding carboxylic acids is 1. The molecule has 5 heteroatoms. The highest BCUT2D eigenvalue weighted by Crippen LogP contribution is 2.16. The van der Waals surface area contributed by atoms with Gasteiger partial charge in [-0.1, -0.05) is 0 Å². The quantitative estimate of drug-likeness (QED) is 0.874. The van der Waals surface area contributed by atoms with Crippen molar-refractivity contribution >= 4 is 17.2 Å². The first-order chi connectivity index (χ1) is 8.18. The summed E-state index contributed by atoms with van der Waals surface area (Å²) < 4.78 is 0. The Morgan fingerprint density at radius 2 is 2.35 bits per heavy atom. The smallest absolute Gasteiger partial charge is 0.255 e. The lowest BCUT2D eigenvalue weighted by atomic mass is 10.2. The predicted molar refractivity (Wildman–Crippen MR) is 66.1 cm³/mol. The summed E-state index contributed by atoms with van der Waals surface area (Å²) in [6.45, 7) is 2.48. The van der Waals surface area contributed by atoms with E-state index < -0.39 is 0 Å². The highest BCUT2D eigenvalue weighted by Gasteiger charge is 2.10. The van der Waals surface area contributed by atoms with Crippen molar-refractivity contribution in [1.82, 2.24) is 10.3 Å². The Bertz CT molecular complexity index is 537. The van der Waals surface area contributed by atoms with Crippen LogP contribution in [0.5, 0.6) is 5.75 Å². The molecular weight excluding hydrogens is 236 g/mol. The Kier molecular flexibility index (Phi) is 3.39. The van der Waals surface area contributed by atoms with Crippen LogP contribution in [-0.2, 0) is 6.54 Å². The fraction of sp³-hybridized carbons (Fsp3) is 0.167. The molecule has 0 aliphatic heterocycles. The third-order valence-electron chi connectivity index (χ3n) is 2.42. The molecule has 0 aromatic carbocycles. The molecule has 0 aliphatic rings. The van der Waals surface area contributed by atoms with Crippen molar-refractivity contribution in [3.05, 3.63) is 45.9 Å². The minimum Gasteiger partial charge on any atom is -0.505 e. The minimum atomic E-state index is -0.294. The van der Waals surface area contributed by atoms with E-state index in [4.69, 9.17) is 0 Å². The first kappa shape index (κ1) is 11.6. The molecule has 17 heavy (non-hydrogen) atoms. The molecule has 2 heterocycles. The molecule has 0 atom stereocenters.